The number of pyridine rings is 2. The molecule has 2 aromatic carbocycles. The van der Waals surface area contributed by atoms with Gasteiger partial charge in [0.2, 0.25) is 15.9 Å². The summed E-state index contributed by atoms with van der Waals surface area (Å²) in [7, 11) is -3.48. The maximum atomic E-state index is 15.4. The zero-order valence-corrected chi connectivity index (χ0v) is 25.4. The van der Waals surface area contributed by atoms with Gasteiger partial charge in [0, 0.05) is 53.0 Å². The molecule has 1 fully saturated rings. The zero-order valence-electron chi connectivity index (χ0n) is 24.6. The van der Waals surface area contributed by atoms with Crippen molar-refractivity contribution < 1.29 is 22.0 Å². The van der Waals surface area contributed by atoms with Gasteiger partial charge in [-0.25, -0.2) is 26.9 Å². The van der Waals surface area contributed by atoms with Gasteiger partial charge in [0.05, 0.1) is 34.9 Å². The van der Waals surface area contributed by atoms with Crippen LogP contribution in [-0.4, -0.2) is 50.7 Å². The monoisotopic (exact) mass is 642 g/mol. The molecule has 0 aliphatic heterocycles. The molecule has 1 amide bonds. The van der Waals surface area contributed by atoms with Gasteiger partial charge in [-0.15, -0.1) is 0 Å². The van der Waals surface area contributed by atoms with E-state index in [2.05, 4.69) is 35.2 Å². The van der Waals surface area contributed by atoms with Crippen molar-refractivity contribution in [1.82, 2.24) is 34.9 Å². The molecule has 6 aromatic rings. The van der Waals surface area contributed by atoms with Crippen LogP contribution in [0.5, 0.6) is 0 Å². The number of H-pyrrole nitrogens is 2. The molecule has 0 unspecified atom stereocenters. The van der Waals surface area contributed by atoms with Gasteiger partial charge in [-0.05, 0) is 54.8 Å². The largest absolute Gasteiger partial charge is 0.336 e. The van der Waals surface area contributed by atoms with Crippen molar-refractivity contribution in [1.29, 1.82) is 0 Å². The van der Waals surface area contributed by atoms with E-state index in [1.54, 1.807) is 36.7 Å². The van der Waals surface area contributed by atoms with Crippen LogP contribution in [0.15, 0.2) is 61.1 Å². The van der Waals surface area contributed by atoms with Crippen molar-refractivity contribution in [3.63, 3.8) is 0 Å². The standard InChI is InChI=1S/C32H28F2N8O3S/c1-46(44,45)37-14-17-8-19(10-21(33)9-17)28-30-26(6-7-36-28)39-31(40-30)29-24-12-23(25(34)13-27(24)41-42-29)20-11-22(16-35-15-20)38-32(43)18-4-2-3-5-18/h6-13,15-16,18,37H,2-5,14H2,1H3,(H,38,43)(H,39,40)(H,41,42). The number of halogens is 2. The molecule has 14 heteroatoms. The Morgan fingerprint density at radius 1 is 1.00 bits per heavy atom. The molecule has 4 N–H and O–H groups in total. The number of aromatic nitrogens is 6. The number of fused-ring (bicyclic) bond motifs is 2. The van der Waals surface area contributed by atoms with E-state index in [0.29, 0.717) is 61.5 Å². The van der Waals surface area contributed by atoms with E-state index in [9.17, 15) is 17.6 Å². The third-order valence-electron chi connectivity index (χ3n) is 8.09. The smallest absolute Gasteiger partial charge is 0.227 e. The van der Waals surface area contributed by atoms with Crippen LogP contribution in [0.25, 0.3) is 55.8 Å². The molecule has 0 saturated heterocycles. The van der Waals surface area contributed by atoms with Crippen molar-refractivity contribution in [3.05, 3.63) is 78.3 Å². The molecule has 4 heterocycles. The van der Waals surface area contributed by atoms with Crippen LogP contribution in [0.4, 0.5) is 14.5 Å². The van der Waals surface area contributed by atoms with Gasteiger partial charge in [0.25, 0.3) is 0 Å². The summed E-state index contributed by atoms with van der Waals surface area (Å²) < 4.78 is 55.5. The number of nitrogens with zero attached hydrogens (tertiary/aromatic N) is 4. The number of hydrogen-bond donors (Lipinski definition) is 4. The molecule has 1 aliphatic carbocycles. The second kappa shape index (κ2) is 11.7. The normalized spacial score (nSPS) is 14.0. The summed E-state index contributed by atoms with van der Waals surface area (Å²) >= 11 is 0. The highest BCUT2D eigenvalue weighted by Crippen LogP contribution is 2.35. The predicted octanol–water partition coefficient (Wildman–Crippen LogP) is 5.69. The second-order valence-corrected chi connectivity index (χ2v) is 13.3. The predicted molar refractivity (Wildman–Crippen MR) is 170 cm³/mol. The molecule has 46 heavy (non-hydrogen) atoms. The van der Waals surface area contributed by atoms with Crippen molar-refractivity contribution >= 4 is 43.6 Å². The fourth-order valence-corrected chi connectivity index (χ4v) is 6.32. The lowest BCUT2D eigenvalue weighted by Gasteiger charge is -2.11. The van der Waals surface area contributed by atoms with E-state index in [4.69, 9.17) is 4.98 Å². The lowest BCUT2D eigenvalue weighted by Crippen LogP contribution is -2.21. The molecular weight excluding hydrogens is 614 g/mol. The van der Waals surface area contributed by atoms with Gasteiger partial charge in [0.15, 0.2) is 5.82 Å². The summed E-state index contributed by atoms with van der Waals surface area (Å²) in [5, 5.41) is 10.8. The van der Waals surface area contributed by atoms with Crippen molar-refractivity contribution in [3.8, 4) is 33.9 Å². The number of imidazole rings is 1. The van der Waals surface area contributed by atoms with Gasteiger partial charge < -0.3 is 10.3 Å². The number of aromatic amines is 2. The minimum Gasteiger partial charge on any atom is -0.336 e. The Labute approximate surface area is 261 Å². The Kier molecular flexibility index (Phi) is 7.53. The quantitative estimate of drug-likeness (QED) is 0.166. The molecule has 0 bridgehead atoms. The molecular formula is C32H28F2N8O3S. The van der Waals surface area contributed by atoms with Crippen molar-refractivity contribution in [2.24, 2.45) is 5.92 Å². The Morgan fingerprint density at radius 3 is 2.63 bits per heavy atom. The van der Waals surface area contributed by atoms with Crippen LogP contribution in [0.2, 0.25) is 0 Å². The first-order valence-electron chi connectivity index (χ1n) is 14.6. The maximum absolute atomic E-state index is 15.4. The van der Waals surface area contributed by atoms with Crippen molar-refractivity contribution in [2.45, 2.75) is 32.2 Å². The number of amides is 1. The maximum Gasteiger partial charge on any atom is 0.227 e. The average molecular weight is 643 g/mol. The average Bonchev–Trinajstić information content (AvgIpc) is 3.79. The van der Waals surface area contributed by atoms with E-state index in [1.807, 2.05) is 0 Å². The van der Waals surface area contributed by atoms with Gasteiger partial charge in [0.1, 0.15) is 22.8 Å². The van der Waals surface area contributed by atoms with Crippen LogP contribution in [0.3, 0.4) is 0 Å². The summed E-state index contributed by atoms with van der Waals surface area (Å²) in [5.74, 6) is -0.749. The first-order valence-corrected chi connectivity index (χ1v) is 16.5. The Bertz CT molecular complexity index is 2240. The van der Waals surface area contributed by atoms with E-state index in [0.717, 1.165) is 31.9 Å². The minimum atomic E-state index is -3.48. The van der Waals surface area contributed by atoms with Crippen LogP contribution in [-0.2, 0) is 21.4 Å². The summed E-state index contributed by atoms with van der Waals surface area (Å²) in [5.41, 5.74) is 4.38. The lowest BCUT2D eigenvalue weighted by atomic mass is 10.0. The number of sulfonamides is 1. The number of carbonyl (C=O) groups excluding carboxylic acids is 1. The Hall–Kier alpha value is -5.08. The molecule has 11 nitrogen and oxygen atoms in total. The molecule has 234 valence electrons. The number of nitrogens with one attached hydrogen (secondary N) is 4. The molecule has 0 radical (unpaired) electrons. The van der Waals surface area contributed by atoms with Crippen molar-refractivity contribution in [2.75, 3.05) is 11.6 Å². The highest BCUT2D eigenvalue weighted by atomic mass is 32.2. The number of carbonyl (C=O) groups is 1. The van der Waals surface area contributed by atoms with Gasteiger partial charge in [-0.1, -0.05) is 12.8 Å². The van der Waals surface area contributed by atoms with Crippen LogP contribution >= 0.6 is 0 Å². The number of hydrogen-bond acceptors (Lipinski definition) is 7. The van der Waals surface area contributed by atoms with Gasteiger partial charge in [-0.3, -0.25) is 19.9 Å². The second-order valence-electron chi connectivity index (χ2n) is 11.5. The van der Waals surface area contributed by atoms with Gasteiger partial charge >= 0.3 is 0 Å². The van der Waals surface area contributed by atoms with Crippen LogP contribution < -0.4 is 10.0 Å². The van der Waals surface area contributed by atoms with Gasteiger partial charge in [-0.2, -0.15) is 5.10 Å². The summed E-state index contributed by atoms with van der Waals surface area (Å²) in [6.45, 7) is -0.0884. The third kappa shape index (κ3) is 5.96. The first kappa shape index (κ1) is 29.6. The fourth-order valence-electron chi connectivity index (χ4n) is 5.89. The van der Waals surface area contributed by atoms with E-state index in [-0.39, 0.29) is 23.9 Å². The highest BCUT2D eigenvalue weighted by Gasteiger charge is 2.23. The topological polar surface area (TPSA) is 158 Å². The zero-order chi connectivity index (χ0) is 32.0. The first-order chi connectivity index (χ1) is 22.1. The van der Waals surface area contributed by atoms with E-state index in [1.165, 1.54) is 24.4 Å². The molecule has 0 atom stereocenters. The van der Waals surface area contributed by atoms with Crippen LogP contribution in [0, 0.1) is 17.6 Å². The summed E-state index contributed by atoms with van der Waals surface area (Å²) in [6.07, 6.45) is 9.45. The summed E-state index contributed by atoms with van der Waals surface area (Å²) in [4.78, 5) is 29.3. The minimum absolute atomic E-state index is 0.0235. The molecule has 7 rings (SSSR count). The number of anilines is 1. The number of benzene rings is 2. The van der Waals surface area contributed by atoms with Crippen LogP contribution in [0.1, 0.15) is 31.2 Å². The SMILES string of the molecule is CS(=O)(=O)NCc1cc(F)cc(-c2nccc3[nH]c(-c4n[nH]c5cc(F)c(-c6cncc(NC(=O)C7CCCC7)c6)cc45)nc23)c1. The van der Waals surface area contributed by atoms with E-state index >= 15 is 4.39 Å². The molecule has 0 spiro atoms. The highest BCUT2D eigenvalue weighted by molar-refractivity contribution is 7.88. The number of rotatable bonds is 8. The molecule has 1 saturated carbocycles. The van der Waals surface area contributed by atoms with E-state index < -0.39 is 21.7 Å². The summed E-state index contributed by atoms with van der Waals surface area (Å²) in [6, 6.07) is 10.6. The Morgan fingerprint density at radius 2 is 1.83 bits per heavy atom. The molecule has 4 aromatic heterocycles. The fraction of sp³-hybridized carbons (Fsp3) is 0.219. The Balaban J connectivity index is 1.24. The third-order valence-corrected chi connectivity index (χ3v) is 8.76. The molecule has 1 aliphatic rings. The lowest BCUT2D eigenvalue weighted by molar-refractivity contribution is -0.119.